The number of aryl methyl sites for hydroxylation is 1. The summed E-state index contributed by atoms with van der Waals surface area (Å²) in [5, 5.41) is 8.99. The quantitative estimate of drug-likeness (QED) is 0.829. The van der Waals surface area contributed by atoms with Crippen molar-refractivity contribution in [3.63, 3.8) is 0 Å². The van der Waals surface area contributed by atoms with Gasteiger partial charge < -0.3 is 14.6 Å². The minimum atomic E-state index is -0.999. The average Bonchev–Trinajstić information content (AvgIpc) is 2.17. The molecule has 15 heavy (non-hydrogen) atoms. The van der Waals surface area contributed by atoms with E-state index in [1.807, 2.05) is 0 Å². The molecule has 4 nitrogen and oxygen atoms in total. The van der Waals surface area contributed by atoms with Crippen molar-refractivity contribution in [1.29, 1.82) is 0 Å². The molecule has 0 aromatic heterocycles. The fraction of sp³-hybridized carbons (Fsp3) is 0.364. The van der Waals surface area contributed by atoms with Crippen LogP contribution in [0.1, 0.15) is 21.5 Å². The fourth-order valence-electron chi connectivity index (χ4n) is 1.68. The second-order valence-electron chi connectivity index (χ2n) is 3.24. The molecule has 0 radical (unpaired) electrons. The molecule has 0 aliphatic carbocycles. The summed E-state index contributed by atoms with van der Waals surface area (Å²) in [4.78, 5) is 11.0. The van der Waals surface area contributed by atoms with E-state index in [0.717, 1.165) is 5.56 Å². The molecule has 1 N–H and O–H groups in total. The van der Waals surface area contributed by atoms with Crippen LogP contribution in [-0.4, -0.2) is 25.3 Å². The maximum Gasteiger partial charge on any atom is 0.339 e. The van der Waals surface area contributed by atoms with Gasteiger partial charge in [-0.1, -0.05) is 0 Å². The summed E-state index contributed by atoms with van der Waals surface area (Å²) in [6, 6.07) is 1.55. The van der Waals surface area contributed by atoms with Gasteiger partial charge in [-0.2, -0.15) is 0 Å². The van der Waals surface area contributed by atoms with Crippen LogP contribution in [0.25, 0.3) is 0 Å². The lowest BCUT2D eigenvalue weighted by molar-refractivity contribution is 0.0693. The van der Waals surface area contributed by atoms with Gasteiger partial charge in [0.25, 0.3) is 0 Å². The molecule has 1 aromatic carbocycles. The Bertz CT molecular complexity index is 396. The molecule has 4 heteroatoms. The van der Waals surface area contributed by atoms with Crippen molar-refractivity contribution in [3.05, 3.63) is 22.8 Å². The number of ether oxygens (including phenoxy) is 2. The molecule has 0 aliphatic heterocycles. The Hall–Kier alpha value is -1.71. The van der Waals surface area contributed by atoms with E-state index in [0.29, 0.717) is 17.1 Å². The van der Waals surface area contributed by atoms with Gasteiger partial charge >= 0.3 is 5.97 Å². The molecule has 0 saturated heterocycles. The van der Waals surface area contributed by atoms with E-state index < -0.39 is 5.97 Å². The van der Waals surface area contributed by atoms with Crippen LogP contribution < -0.4 is 9.47 Å². The number of methoxy groups -OCH3 is 2. The lowest BCUT2D eigenvalue weighted by Gasteiger charge is -2.14. The second kappa shape index (κ2) is 4.21. The highest BCUT2D eigenvalue weighted by molar-refractivity contribution is 5.92. The largest absolute Gasteiger partial charge is 0.496 e. The molecular weight excluding hydrogens is 196 g/mol. The van der Waals surface area contributed by atoms with Crippen molar-refractivity contribution < 1.29 is 19.4 Å². The van der Waals surface area contributed by atoms with Gasteiger partial charge in [-0.25, -0.2) is 4.79 Å². The summed E-state index contributed by atoms with van der Waals surface area (Å²) < 4.78 is 10.3. The predicted octanol–water partition coefficient (Wildman–Crippen LogP) is 2.02. The van der Waals surface area contributed by atoms with Crippen LogP contribution in [-0.2, 0) is 0 Å². The van der Waals surface area contributed by atoms with Crippen molar-refractivity contribution in [2.24, 2.45) is 0 Å². The molecule has 0 bridgehead atoms. The summed E-state index contributed by atoms with van der Waals surface area (Å²) in [6.07, 6.45) is 0. The number of hydrogen-bond donors (Lipinski definition) is 1. The smallest absolute Gasteiger partial charge is 0.339 e. The normalized spacial score (nSPS) is 9.87. The highest BCUT2D eigenvalue weighted by Crippen LogP contribution is 2.34. The van der Waals surface area contributed by atoms with E-state index in [1.165, 1.54) is 7.11 Å². The van der Waals surface area contributed by atoms with E-state index in [1.54, 1.807) is 27.0 Å². The van der Waals surface area contributed by atoms with Crippen LogP contribution in [0.4, 0.5) is 0 Å². The van der Waals surface area contributed by atoms with E-state index in [2.05, 4.69) is 0 Å². The topological polar surface area (TPSA) is 55.8 Å². The third kappa shape index (κ3) is 1.88. The lowest BCUT2D eigenvalue weighted by Crippen LogP contribution is -2.05. The number of aromatic carboxylic acids is 1. The van der Waals surface area contributed by atoms with Gasteiger partial charge in [0.2, 0.25) is 0 Å². The van der Waals surface area contributed by atoms with E-state index in [9.17, 15) is 4.79 Å². The minimum absolute atomic E-state index is 0.160. The summed E-state index contributed by atoms with van der Waals surface area (Å²) >= 11 is 0. The highest BCUT2D eigenvalue weighted by Gasteiger charge is 2.18. The summed E-state index contributed by atoms with van der Waals surface area (Å²) in [7, 11) is 3.00. The number of carboxylic acid groups (broad SMARTS) is 1. The standard InChI is InChI=1S/C11H14O4/c1-6-5-8(11(12)13)10(15-4)7(2)9(6)14-3/h5H,1-4H3,(H,12,13). The summed E-state index contributed by atoms with van der Waals surface area (Å²) in [5.74, 6) is 0.0162. The van der Waals surface area contributed by atoms with Gasteiger partial charge in [0.15, 0.2) is 0 Å². The molecule has 0 fully saturated rings. The Morgan fingerprint density at radius 2 is 1.73 bits per heavy atom. The zero-order valence-corrected chi connectivity index (χ0v) is 9.25. The first-order valence-electron chi connectivity index (χ1n) is 4.48. The first-order chi connectivity index (χ1) is 7.02. The third-order valence-electron chi connectivity index (χ3n) is 2.28. The summed E-state index contributed by atoms with van der Waals surface area (Å²) in [5.41, 5.74) is 1.65. The van der Waals surface area contributed by atoms with Gasteiger partial charge in [-0.05, 0) is 25.5 Å². The molecule has 0 heterocycles. The number of rotatable bonds is 3. The highest BCUT2D eigenvalue weighted by atomic mass is 16.5. The average molecular weight is 210 g/mol. The van der Waals surface area contributed by atoms with Gasteiger partial charge in [-0.3, -0.25) is 0 Å². The van der Waals surface area contributed by atoms with Crippen molar-refractivity contribution in [1.82, 2.24) is 0 Å². The van der Waals surface area contributed by atoms with Crippen LogP contribution >= 0.6 is 0 Å². The van der Waals surface area contributed by atoms with Crippen molar-refractivity contribution in [2.45, 2.75) is 13.8 Å². The van der Waals surface area contributed by atoms with E-state index in [-0.39, 0.29) is 5.56 Å². The monoisotopic (exact) mass is 210 g/mol. The van der Waals surface area contributed by atoms with Crippen molar-refractivity contribution >= 4 is 5.97 Å². The Labute approximate surface area is 88.4 Å². The molecule has 1 aromatic rings. The van der Waals surface area contributed by atoms with Crippen molar-refractivity contribution in [3.8, 4) is 11.5 Å². The van der Waals surface area contributed by atoms with Gasteiger partial charge in [0, 0.05) is 5.56 Å². The third-order valence-corrected chi connectivity index (χ3v) is 2.28. The van der Waals surface area contributed by atoms with E-state index in [4.69, 9.17) is 14.6 Å². The second-order valence-corrected chi connectivity index (χ2v) is 3.24. The number of carboxylic acids is 1. The predicted molar refractivity (Wildman–Crippen MR) is 56.0 cm³/mol. The Morgan fingerprint density at radius 1 is 1.20 bits per heavy atom. The zero-order valence-electron chi connectivity index (χ0n) is 9.25. The molecule has 0 saturated carbocycles. The van der Waals surface area contributed by atoms with Gasteiger partial charge in [0.05, 0.1) is 14.2 Å². The Balaban J connectivity index is 3.51. The molecule has 82 valence electrons. The van der Waals surface area contributed by atoms with Crippen molar-refractivity contribution in [2.75, 3.05) is 14.2 Å². The van der Waals surface area contributed by atoms with Crippen LogP contribution in [0.2, 0.25) is 0 Å². The minimum Gasteiger partial charge on any atom is -0.496 e. The van der Waals surface area contributed by atoms with Crippen LogP contribution in [0.3, 0.4) is 0 Å². The fourth-order valence-corrected chi connectivity index (χ4v) is 1.68. The summed E-state index contributed by atoms with van der Waals surface area (Å²) in [6.45, 7) is 3.58. The van der Waals surface area contributed by atoms with Gasteiger partial charge in [0.1, 0.15) is 17.1 Å². The van der Waals surface area contributed by atoms with E-state index >= 15 is 0 Å². The first kappa shape index (κ1) is 11.4. The molecule has 0 aliphatic rings. The molecule has 0 unspecified atom stereocenters. The SMILES string of the molecule is COc1c(C)cc(C(=O)O)c(OC)c1C. The maximum absolute atomic E-state index is 11.0. The van der Waals surface area contributed by atoms with Crippen LogP contribution in [0.5, 0.6) is 11.5 Å². The zero-order chi connectivity index (χ0) is 11.6. The Morgan fingerprint density at radius 3 is 2.13 bits per heavy atom. The molecule has 0 amide bonds. The number of benzene rings is 1. The molecule has 1 rings (SSSR count). The van der Waals surface area contributed by atoms with Crippen LogP contribution in [0.15, 0.2) is 6.07 Å². The maximum atomic E-state index is 11.0. The number of hydrogen-bond acceptors (Lipinski definition) is 3. The number of carbonyl (C=O) groups is 1. The lowest BCUT2D eigenvalue weighted by atomic mass is 10.0. The molecular formula is C11H14O4. The Kier molecular flexibility index (Phi) is 3.19. The van der Waals surface area contributed by atoms with Crippen LogP contribution in [0, 0.1) is 13.8 Å². The molecule has 0 atom stereocenters. The first-order valence-corrected chi connectivity index (χ1v) is 4.48. The van der Waals surface area contributed by atoms with Gasteiger partial charge in [-0.15, -0.1) is 0 Å². The molecule has 0 spiro atoms.